The van der Waals surface area contributed by atoms with E-state index in [-0.39, 0.29) is 0 Å². The minimum atomic E-state index is 0.334. The minimum Gasteiger partial charge on any atom is -0.326 e. The Bertz CT molecular complexity index is 602. The molecule has 0 saturated carbocycles. The second-order valence-corrected chi connectivity index (χ2v) is 5.78. The van der Waals surface area contributed by atoms with Crippen molar-refractivity contribution in [3.05, 3.63) is 41.6 Å². The highest BCUT2D eigenvalue weighted by molar-refractivity contribution is 5.64. The summed E-state index contributed by atoms with van der Waals surface area (Å²) in [6.07, 6.45) is 2.96. The van der Waals surface area contributed by atoms with Gasteiger partial charge < -0.3 is 5.73 Å². The van der Waals surface area contributed by atoms with Gasteiger partial charge in [-0.05, 0) is 31.0 Å². The van der Waals surface area contributed by atoms with Gasteiger partial charge in [0.05, 0.1) is 5.69 Å². The molecule has 106 valence electrons. The summed E-state index contributed by atoms with van der Waals surface area (Å²) in [6.45, 7) is 5.20. The maximum absolute atomic E-state index is 6.00. The summed E-state index contributed by atoms with van der Waals surface area (Å²) in [6, 6.07) is 9.09. The number of hydrogen-bond acceptors (Lipinski definition) is 3. The van der Waals surface area contributed by atoms with E-state index >= 15 is 0 Å². The molecule has 1 aliphatic heterocycles. The summed E-state index contributed by atoms with van der Waals surface area (Å²) in [5.41, 5.74) is 11.1. The molecule has 4 nitrogen and oxygen atoms in total. The van der Waals surface area contributed by atoms with E-state index in [0.717, 1.165) is 26.1 Å². The summed E-state index contributed by atoms with van der Waals surface area (Å²) < 4.78 is 1.94. The zero-order chi connectivity index (χ0) is 14.1. The molecule has 2 heterocycles. The molecule has 0 bridgehead atoms. The van der Waals surface area contributed by atoms with Gasteiger partial charge in [0, 0.05) is 44.5 Å². The fourth-order valence-electron chi connectivity index (χ4n) is 2.95. The van der Waals surface area contributed by atoms with E-state index in [0.29, 0.717) is 6.04 Å². The van der Waals surface area contributed by atoms with Crippen molar-refractivity contribution in [2.45, 2.75) is 25.9 Å². The summed E-state index contributed by atoms with van der Waals surface area (Å²) >= 11 is 0. The van der Waals surface area contributed by atoms with Gasteiger partial charge in [-0.25, -0.2) is 0 Å². The van der Waals surface area contributed by atoms with Crippen molar-refractivity contribution in [1.29, 1.82) is 0 Å². The van der Waals surface area contributed by atoms with Gasteiger partial charge >= 0.3 is 0 Å². The van der Waals surface area contributed by atoms with E-state index in [1.807, 2.05) is 17.9 Å². The SMILES string of the molecule is Cc1ccc(CN2CC[C@H](N)C2)c(-c2ccnn2C)c1. The predicted octanol–water partition coefficient (Wildman–Crippen LogP) is 1.93. The Morgan fingerprint density at radius 1 is 1.35 bits per heavy atom. The largest absolute Gasteiger partial charge is 0.326 e. The van der Waals surface area contributed by atoms with Crippen LogP contribution >= 0.6 is 0 Å². The highest BCUT2D eigenvalue weighted by Gasteiger charge is 2.20. The second-order valence-electron chi connectivity index (χ2n) is 5.78. The van der Waals surface area contributed by atoms with Gasteiger partial charge in [-0.1, -0.05) is 17.7 Å². The molecule has 0 amide bonds. The Hall–Kier alpha value is -1.65. The normalized spacial score (nSPS) is 19.6. The summed E-state index contributed by atoms with van der Waals surface area (Å²) in [5.74, 6) is 0. The van der Waals surface area contributed by atoms with Gasteiger partial charge in [-0.15, -0.1) is 0 Å². The highest BCUT2D eigenvalue weighted by Crippen LogP contribution is 2.26. The number of benzene rings is 1. The zero-order valence-corrected chi connectivity index (χ0v) is 12.2. The molecule has 1 saturated heterocycles. The standard InChI is InChI=1S/C16H22N4/c1-12-3-4-13(10-20-8-6-14(17)11-20)15(9-12)16-5-7-18-19(16)2/h3-5,7,9,14H,6,8,10-11,17H2,1-2H3/t14-/m0/s1. The number of likely N-dealkylation sites (tertiary alicyclic amines) is 1. The lowest BCUT2D eigenvalue weighted by Gasteiger charge is -2.18. The molecule has 0 radical (unpaired) electrons. The van der Waals surface area contributed by atoms with Crippen molar-refractivity contribution >= 4 is 0 Å². The van der Waals surface area contributed by atoms with E-state index in [1.165, 1.54) is 22.4 Å². The molecule has 4 heteroatoms. The Labute approximate surface area is 120 Å². The number of aryl methyl sites for hydroxylation is 2. The van der Waals surface area contributed by atoms with E-state index in [2.05, 4.69) is 41.2 Å². The van der Waals surface area contributed by atoms with Gasteiger partial charge in [0.2, 0.25) is 0 Å². The first-order valence-electron chi connectivity index (χ1n) is 7.19. The van der Waals surface area contributed by atoms with Gasteiger partial charge in [0.1, 0.15) is 0 Å². The summed E-state index contributed by atoms with van der Waals surface area (Å²) in [5, 5.41) is 4.29. The highest BCUT2D eigenvalue weighted by atomic mass is 15.3. The Morgan fingerprint density at radius 2 is 2.20 bits per heavy atom. The smallest absolute Gasteiger partial charge is 0.0682 e. The number of nitrogens with two attached hydrogens (primary N) is 1. The molecular weight excluding hydrogens is 248 g/mol. The summed E-state index contributed by atoms with van der Waals surface area (Å²) in [7, 11) is 1.99. The minimum absolute atomic E-state index is 0.334. The van der Waals surface area contributed by atoms with Gasteiger partial charge in [-0.3, -0.25) is 9.58 Å². The zero-order valence-electron chi connectivity index (χ0n) is 12.2. The van der Waals surface area contributed by atoms with Crippen molar-refractivity contribution in [1.82, 2.24) is 14.7 Å². The molecule has 2 N–H and O–H groups in total. The van der Waals surface area contributed by atoms with E-state index in [9.17, 15) is 0 Å². The Kier molecular flexibility index (Phi) is 3.59. The van der Waals surface area contributed by atoms with Crippen LogP contribution in [0.15, 0.2) is 30.5 Å². The van der Waals surface area contributed by atoms with Crippen LogP contribution in [-0.2, 0) is 13.6 Å². The molecule has 1 aromatic heterocycles. The van der Waals surface area contributed by atoms with Crippen molar-refractivity contribution in [3.63, 3.8) is 0 Å². The Morgan fingerprint density at radius 3 is 2.85 bits per heavy atom. The van der Waals surface area contributed by atoms with Gasteiger partial charge in [0.15, 0.2) is 0 Å². The van der Waals surface area contributed by atoms with Crippen LogP contribution in [0.4, 0.5) is 0 Å². The molecule has 0 unspecified atom stereocenters. The number of hydrogen-bond donors (Lipinski definition) is 1. The molecule has 1 fully saturated rings. The van der Waals surface area contributed by atoms with E-state index in [4.69, 9.17) is 5.73 Å². The lowest BCUT2D eigenvalue weighted by atomic mass is 10.0. The third-order valence-corrected chi connectivity index (χ3v) is 4.07. The van der Waals surface area contributed by atoms with Gasteiger partial charge in [0.25, 0.3) is 0 Å². The fraction of sp³-hybridized carbons (Fsp3) is 0.438. The van der Waals surface area contributed by atoms with Crippen LogP contribution in [0.1, 0.15) is 17.5 Å². The topological polar surface area (TPSA) is 47.1 Å². The van der Waals surface area contributed by atoms with Gasteiger partial charge in [-0.2, -0.15) is 5.10 Å². The number of aromatic nitrogens is 2. The first kappa shape index (κ1) is 13.3. The number of rotatable bonds is 3. The average Bonchev–Trinajstić information content (AvgIpc) is 3.01. The monoisotopic (exact) mass is 270 g/mol. The maximum atomic E-state index is 6.00. The maximum Gasteiger partial charge on any atom is 0.0682 e. The Balaban J connectivity index is 1.92. The molecule has 3 rings (SSSR count). The quantitative estimate of drug-likeness (QED) is 0.927. The van der Waals surface area contributed by atoms with Crippen LogP contribution in [0.3, 0.4) is 0 Å². The molecule has 2 aromatic rings. The first-order chi connectivity index (χ1) is 9.63. The molecule has 0 aliphatic carbocycles. The third-order valence-electron chi connectivity index (χ3n) is 4.07. The fourth-order valence-corrected chi connectivity index (χ4v) is 2.95. The van der Waals surface area contributed by atoms with Crippen molar-refractivity contribution in [2.24, 2.45) is 12.8 Å². The summed E-state index contributed by atoms with van der Waals surface area (Å²) in [4.78, 5) is 2.44. The van der Waals surface area contributed by atoms with E-state index < -0.39 is 0 Å². The molecule has 1 aromatic carbocycles. The number of nitrogens with zero attached hydrogens (tertiary/aromatic N) is 3. The van der Waals surface area contributed by atoms with Crippen molar-refractivity contribution in [2.75, 3.05) is 13.1 Å². The molecule has 1 aliphatic rings. The lowest BCUT2D eigenvalue weighted by Crippen LogP contribution is -2.26. The molecule has 1 atom stereocenters. The third kappa shape index (κ3) is 2.62. The van der Waals surface area contributed by atoms with Crippen LogP contribution in [0, 0.1) is 6.92 Å². The lowest BCUT2D eigenvalue weighted by molar-refractivity contribution is 0.327. The molecular formula is C16H22N4. The molecule has 0 spiro atoms. The van der Waals surface area contributed by atoms with E-state index in [1.54, 1.807) is 0 Å². The molecule has 20 heavy (non-hydrogen) atoms. The predicted molar refractivity (Wildman–Crippen MR) is 81.3 cm³/mol. The van der Waals surface area contributed by atoms with Crippen LogP contribution in [0.2, 0.25) is 0 Å². The average molecular weight is 270 g/mol. The van der Waals surface area contributed by atoms with Crippen LogP contribution in [0.5, 0.6) is 0 Å². The van der Waals surface area contributed by atoms with Crippen LogP contribution < -0.4 is 5.73 Å². The van der Waals surface area contributed by atoms with Crippen molar-refractivity contribution < 1.29 is 0 Å². The van der Waals surface area contributed by atoms with Crippen molar-refractivity contribution in [3.8, 4) is 11.3 Å². The van der Waals surface area contributed by atoms with Crippen LogP contribution in [-0.4, -0.2) is 33.8 Å². The van der Waals surface area contributed by atoms with Crippen LogP contribution in [0.25, 0.3) is 11.3 Å². The second kappa shape index (κ2) is 5.38. The first-order valence-corrected chi connectivity index (χ1v) is 7.19.